The highest BCUT2D eigenvalue weighted by atomic mass is 14.9. The van der Waals surface area contributed by atoms with Crippen molar-refractivity contribution in [1.82, 2.24) is 5.32 Å². The molecule has 0 amide bonds. The molecule has 1 saturated heterocycles. The van der Waals surface area contributed by atoms with Crippen molar-refractivity contribution >= 4 is 0 Å². The van der Waals surface area contributed by atoms with Crippen LogP contribution in [0.1, 0.15) is 42.9 Å². The standard InChI is InChI=1S/C13H20N2/c1-10(14)11-4-6-12(7-5-11)13-3-2-8-15-9-13/h4-7,10,13,15H,2-3,8-9,14H2,1H3. The van der Waals surface area contributed by atoms with Gasteiger partial charge in [-0.2, -0.15) is 0 Å². The summed E-state index contributed by atoms with van der Waals surface area (Å²) >= 11 is 0. The lowest BCUT2D eigenvalue weighted by Gasteiger charge is -2.23. The van der Waals surface area contributed by atoms with Crippen LogP contribution in [-0.2, 0) is 0 Å². The first kappa shape index (κ1) is 10.7. The summed E-state index contributed by atoms with van der Waals surface area (Å²) in [4.78, 5) is 0. The van der Waals surface area contributed by atoms with Crippen LogP contribution in [0.4, 0.5) is 0 Å². The minimum Gasteiger partial charge on any atom is -0.324 e. The summed E-state index contributed by atoms with van der Waals surface area (Å²) < 4.78 is 0. The second-order valence-corrected chi connectivity index (χ2v) is 4.50. The van der Waals surface area contributed by atoms with Gasteiger partial charge in [0, 0.05) is 12.6 Å². The smallest absolute Gasteiger partial charge is 0.0266 e. The third-order valence-corrected chi connectivity index (χ3v) is 3.23. The second kappa shape index (κ2) is 4.77. The third kappa shape index (κ3) is 2.58. The molecule has 1 aromatic carbocycles. The normalized spacial score (nSPS) is 23.7. The number of nitrogens with one attached hydrogen (secondary N) is 1. The Kier molecular flexibility index (Phi) is 3.39. The maximum atomic E-state index is 5.83. The van der Waals surface area contributed by atoms with Crippen molar-refractivity contribution in [2.75, 3.05) is 13.1 Å². The van der Waals surface area contributed by atoms with E-state index in [0.29, 0.717) is 5.92 Å². The van der Waals surface area contributed by atoms with Gasteiger partial charge in [-0.3, -0.25) is 0 Å². The molecule has 0 spiro atoms. The molecule has 0 radical (unpaired) electrons. The fourth-order valence-corrected chi connectivity index (χ4v) is 2.21. The average Bonchev–Trinajstić information content (AvgIpc) is 2.30. The highest BCUT2D eigenvalue weighted by Gasteiger charge is 2.14. The first-order valence-corrected chi connectivity index (χ1v) is 5.83. The quantitative estimate of drug-likeness (QED) is 0.775. The molecule has 1 aliphatic rings. The summed E-state index contributed by atoms with van der Waals surface area (Å²) in [5, 5.41) is 3.45. The molecule has 3 N–H and O–H groups in total. The average molecular weight is 204 g/mol. The molecule has 1 aromatic rings. The van der Waals surface area contributed by atoms with Gasteiger partial charge in [-0.05, 0) is 43.4 Å². The van der Waals surface area contributed by atoms with E-state index in [0.717, 1.165) is 6.54 Å². The van der Waals surface area contributed by atoms with E-state index in [-0.39, 0.29) is 6.04 Å². The molecule has 1 heterocycles. The van der Waals surface area contributed by atoms with Gasteiger partial charge in [0.15, 0.2) is 0 Å². The number of hydrogen-bond donors (Lipinski definition) is 2. The monoisotopic (exact) mass is 204 g/mol. The summed E-state index contributed by atoms with van der Waals surface area (Å²) in [5.74, 6) is 0.695. The molecule has 1 aliphatic heterocycles. The first-order chi connectivity index (χ1) is 7.27. The summed E-state index contributed by atoms with van der Waals surface area (Å²) in [6.07, 6.45) is 2.60. The molecule has 1 fully saturated rings. The Hall–Kier alpha value is -0.860. The summed E-state index contributed by atoms with van der Waals surface area (Å²) in [5.41, 5.74) is 8.51. The molecule has 0 aromatic heterocycles. The summed E-state index contributed by atoms with van der Waals surface area (Å²) in [7, 11) is 0. The first-order valence-electron chi connectivity index (χ1n) is 5.83. The maximum Gasteiger partial charge on any atom is 0.0266 e. The molecule has 2 atom stereocenters. The Morgan fingerprint density at radius 3 is 2.60 bits per heavy atom. The van der Waals surface area contributed by atoms with Crippen LogP contribution in [0.15, 0.2) is 24.3 Å². The molecule has 0 saturated carbocycles. The SMILES string of the molecule is CC(N)c1ccc(C2CCCNC2)cc1. The van der Waals surface area contributed by atoms with Gasteiger partial charge in [0.25, 0.3) is 0 Å². The zero-order valence-electron chi connectivity index (χ0n) is 9.37. The Bertz CT molecular complexity index is 297. The summed E-state index contributed by atoms with van der Waals surface area (Å²) in [6, 6.07) is 8.93. The molecule has 2 heteroatoms. The molecular weight excluding hydrogens is 184 g/mol. The molecule has 2 rings (SSSR count). The van der Waals surface area contributed by atoms with Crippen LogP contribution in [0.25, 0.3) is 0 Å². The van der Waals surface area contributed by atoms with E-state index in [1.165, 1.54) is 30.5 Å². The Labute approximate surface area is 91.9 Å². The molecule has 82 valence electrons. The molecule has 15 heavy (non-hydrogen) atoms. The van der Waals surface area contributed by atoms with Crippen molar-refractivity contribution in [2.45, 2.75) is 31.7 Å². The lowest BCUT2D eigenvalue weighted by molar-refractivity contribution is 0.461. The minimum atomic E-state index is 0.142. The Balaban J connectivity index is 2.08. The second-order valence-electron chi connectivity index (χ2n) is 4.50. The molecule has 0 aliphatic carbocycles. The van der Waals surface area contributed by atoms with Gasteiger partial charge in [0.2, 0.25) is 0 Å². The number of nitrogens with two attached hydrogens (primary N) is 1. The number of benzene rings is 1. The number of hydrogen-bond acceptors (Lipinski definition) is 2. The van der Waals surface area contributed by atoms with E-state index in [1.54, 1.807) is 0 Å². The van der Waals surface area contributed by atoms with Crippen LogP contribution in [0.5, 0.6) is 0 Å². The number of piperidine rings is 1. The Morgan fingerprint density at radius 1 is 1.33 bits per heavy atom. The zero-order valence-corrected chi connectivity index (χ0v) is 9.37. The zero-order chi connectivity index (χ0) is 10.7. The van der Waals surface area contributed by atoms with Crippen molar-refractivity contribution in [3.05, 3.63) is 35.4 Å². The maximum absolute atomic E-state index is 5.83. The van der Waals surface area contributed by atoms with Gasteiger partial charge in [0.1, 0.15) is 0 Å². The van der Waals surface area contributed by atoms with Crippen LogP contribution in [0, 0.1) is 0 Å². The largest absolute Gasteiger partial charge is 0.324 e. The number of rotatable bonds is 2. The van der Waals surface area contributed by atoms with Crippen LogP contribution >= 0.6 is 0 Å². The van der Waals surface area contributed by atoms with E-state index in [1.807, 2.05) is 6.92 Å². The van der Waals surface area contributed by atoms with Gasteiger partial charge in [-0.15, -0.1) is 0 Å². The molecule has 2 nitrogen and oxygen atoms in total. The predicted molar refractivity (Wildman–Crippen MR) is 63.9 cm³/mol. The van der Waals surface area contributed by atoms with E-state index in [2.05, 4.69) is 29.6 Å². The predicted octanol–water partition coefficient (Wildman–Crippen LogP) is 2.17. The van der Waals surface area contributed by atoms with Crippen LogP contribution < -0.4 is 11.1 Å². The van der Waals surface area contributed by atoms with Crippen molar-refractivity contribution in [2.24, 2.45) is 5.73 Å². The molecule has 2 unspecified atom stereocenters. The Morgan fingerprint density at radius 2 is 2.07 bits per heavy atom. The van der Waals surface area contributed by atoms with Gasteiger partial charge >= 0.3 is 0 Å². The van der Waals surface area contributed by atoms with Crippen molar-refractivity contribution < 1.29 is 0 Å². The highest BCUT2D eigenvalue weighted by molar-refractivity contribution is 5.27. The van der Waals surface area contributed by atoms with E-state index < -0.39 is 0 Å². The molecular formula is C13H20N2. The van der Waals surface area contributed by atoms with Crippen LogP contribution in [0.3, 0.4) is 0 Å². The lowest BCUT2D eigenvalue weighted by atomic mass is 9.91. The van der Waals surface area contributed by atoms with Crippen molar-refractivity contribution in [3.63, 3.8) is 0 Å². The minimum absolute atomic E-state index is 0.142. The van der Waals surface area contributed by atoms with Gasteiger partial charge in [-0.25, -0.2) is 0 Å². The van der Waals surface area contributed by atoms with E-state index in [4.69, 9.17) is 5.73 Å². The third-order valence-electron chi connectivity index (χ3n) is 3.23. The van der Waals surface area contributed by atoms with Crippen LogP contribution in [-0.4, -0.2) is 13.1 Å². The summed E-state index contributed by atoms with van der Waals surface area (Å²) in [6.45, 7) is 4.32. The lowest BCUT2D eigenvalue weighted by Crippen LogP contribution is -2.28. The van der Waals surface area contributed by atoms with Gasteiger partial charge in [0.05, 0.1) is 0 Å². The van der Waals surface area contributed by atoms with Crippen molar-refractivity contribution in [3.8, 4) is 0 Å². The topological polar surface area (TPSA) is 38.0 Å². The van der Waals surface area contributed by atoms with Gasteiger partial charge < -0.3 is 11.1 Å². The molecule has 0 bridgehead atoms. The fraction of sp³-hybridized carbons (Fsp3) is 0.538. The van der Waals surface area contributed by atoms with E-state index >= 15 is 0 Å². The highest BCUT2D eigenvalue weighted by Crippen LogP contribution is 2.24. The fourth-order valence-electron chi connectivity index (χ4n) is 2.21. The van der Waals surface area contributed by atoms with Crippen molar-refractivity contribution in [1.29, 1.82) is 0 Å². The van der Waals surface area contributed by atoms with Gasteiger partial charge in [-0.1, -0.05) is 24.3 Å². The van der Waals surface area contributed by atoms with E-state index in [9.17, 15) is 0 Å². The van der Waals surface area contributed by atoms with Crippen LogP contribution in [0.2, 0.25) is 0 Å².